The Kier molecular flexibility index (Phi) is 6.00. The number of aryl methyl sites for hydroxylation is 1. The molecule has 6 nitrogen and oxygen atoms in total. The maximum Gasteiger partial charge on any atom is 0.407 e. The van der Waals surface area contributed by atoms with E-state index in [0.29, 0.717) is 19.0 Å². The first-order valence-electron chi connectivity index (χ1n) is 7.71. The average molecular weight is 310 g/mol. The summed E-state index contributed by atoms with van der Waals surface area (Å²) in [4.78, 5) is 11.8. The first kappa shape index (κ1) is 18.5. The molecule has 6 heteroatoms. The molecular weight excluding hydrogens is 280 g/mol. The van der Waals surface area contributed by atoms with Crippen LogP contribution in [0.25, 0.3) is 0 Å². The molecule has 22 heavy (non-hydrogen) atoms. The highest BCUT2D eigenvalue weighted by Crippen LogP contribution is 2.17. The Morgan fingerprint density at radius 3 is 2.45 bits per heavy atom. The molecule has 1 rings (SSSR count). The number of nitrogens with one attached hydrogen (secondary N) is 2. The molecule has 0 aliphatic heterocycles. The van der Waals surface area contributed by atoms with E-state index in [1.807, 2.05) is 40.2 Å². The van der Waals surface area contributed by atoms with Crippen molar-refractivity contribution in [2.75, 3.05) is 6.54 Å². The van der Waals surface area contributed by atoms with Crippen LogP contribution in [-0.2, 0) is 18.3 Å². The van der Waals surface area contributed by atoms with Crippen LogP contribution in [0.3, 0.4) is 0 Å². The van der Waals surface area contributed by atoms with Crippen molar-refractivity contribution in [1.82, 2.24) is 20.4 Å². The van der Waals surface area contributed by atoms with E-state index in [2.05, 4.69) is 36.5 Å². The summed E-state index contributed by atoms with van der Waals surface area (Å²) < 4.78 is 7.07. The Morgan fingerprint density at radius 1 is 1.36 bits per heavy atom. The molecule has 0 fully saturated rings. The number of alkyl carbamates (subject to hydrolysis) is 1. The molecule has 0 aliphatic rings. The minimum atomic E-state index is -0.485. The number of rotatable bonds is 6. The summed E-state index contributed by atoms with van der Waals surface area (Å²) in [5.74, 6) is 0.346. The first-order valence-corrected chi connectivity index (χ1v) is 7.71. The molecule has 0 spiro atoms. The third-order valence-corrected chi connectivity index (χ3v) is 3.73. The third kappa shape index (κ3) is 6.05. The van der Waals surface area contributed by atoms with E-state index in [1.165, 1.54) is 0 Å². The van der Waals surface area contributed by atoms with Crippen molar-refractivity contribution in [3.05, 3.63) is 18.0 Å². The molecule has 126 valence electrons. The fraction of sp³-hybridized carbons (Fsp3) is 0.750. The predicted molar refractivity (Wildman–Crippen MR) is 87.5 cm³/mol. The normalized spacial score (nSPS) is 14.7. The van der Waals surface area contributed by atoms with Gasteiger partial charge in [-0.15, -0.1) is 0 Å². The van der Waals surface area contributed by atoms with Gasteiger partial charge in [0.2, 0.25) is 0 Å². The van der Waals surface area contributed by atoms with Crippen LogP contribution in [0.15, 0.2) is 12.4 Å². The zero-order valence-corrected chi connectivity index (χ0v) is 14.9. The summed E-state index contributed by atoms with van der Waals surface area (Å²) >= 11 is 0. The lowest BCUT2D eigenvalue weighted by Crippen LogP contribution is -2.55. The summed E-state index contributed by atoms with van der Waals surface area (Å²) in [5, 5.41) is 10.5. The zero-order chi connectivity index (χ0) is 17.0. The van der Waals surface area contributed by atoms with Crippen LogP contribution in [-0.4, -0.2) is 33.6 Å². The van der Waals surface area contributed by atoms with Crippen LogP contribution >= 0.6 is 0 Å². The van der Waals surface area contributed by atoms with E-state index in [1.54, 1.807) is 4.68 Å². The van der Waals surface area contributed by atoms with Crippen molar-refractivity contribution >= 4 is 6.09 Å². The Balaban J connectivity index is 2.57. The molecule has 1 heterocycles. The zero-order valence-electron chi connectivity index (χ0n) is 14.9. The summed E-state index contributed by atoms with van der Waals surface area (Å²) in [6.07, 6.45) is 3.44. The lowest BCUT2D eigenvalue weighted by molar-refractivity contribution is 0.0503. The molecule has 0 saturated carbocycles. The smallest absolute Gasteiger partial charge is 0.407 e. The van der Waals surface area contributed by atoms with E-state index in [4.69, 9.17) is 4.74 Å². The lowest BCUT2D eigenvalue weighted by Gasteiger charge is -2.35. The molecular formula is C16H30N4O2. The van der Waals surface area contributed by atoms with Gasteiger partial charge in [-0.3, -0.25) is 4.68 Å². The second-order valence-electron chi connectivity index (χ2n) is 7.30. The minimum Gasteiger partial charge on any atom is -0.444 e. The number of hydrogen-bond donors (Lipinski definition) is 2. The van der Waals surface area contributed by atoms with Crippen molar-refractivity contribution in [1.29, 1.82) is 0 Å². The predicted octanol–water partition coefficient (Wildman–Crippen LogP) is 2.45. The number of carbonyl (C=O) groups is 1. The Labute approximate surface area is 133 Å². The standard InChI is InChI=1S/C16H30N4O2/c1-12(2)16(6,11-17-14(21)22-15(3,4)5)18-8-13-9-19-20(7)10-13/h9-10,12,18H,8,11H2,1-7H3,(H,17,21)/t16-/m1/s1. The monoisotopic (exact) mass is 310 g/mol. The molecule has 2 N–H and O–H groups in total. The van der Waals surface area contributed by atoms with Crippen LogP contribution in [0.1, 0.15) is 47.1 Å². The quantitative estimate of drug-likeness (QED) is 0.847. The van der Waals surface area contributed by atoms with Gasteiger partial charge in [0.25, 0.3) is 0 Å². The van der Waals surface area contributed by atoms with E-state index in [-0.39, 0.29) is 11.6 Å². The summed E-state index contributed by atoms with van der Waals surface area (Å²) in [6.45, 7) is 13.1. The van der Waals surface area contributed by atoms with Crippen LogP contribution < -0.4 is 10.6 Å². The van der Waals surface area contributed by atoms with Gasteiger partial charge < -0.3 is 15.4 Å². The Morgan fingerprint density at radius 2 is 2.00 bits per heavy atom. The SMILES string of the molecule is CC(C)[C@@](C)(CNC(=O)OC(C)(C)C)NCc1cnn(C)c1. The molecule has 1 amide bonds. The molecule has 0 aliphatic carbocycles. The molecule has 0 aromatic carbocycles. The largest absolute Gasteiger partial charge is 0.444 e. The molecule has 1 aromatic rings. The highest BCUT2D eigenvalue weighted by molar-refractivity contribution is 5.67. The Hall–Kier alpha value is -1.56. The molecule has 0 saturated heterocycles. The van der Waals surface area contributed by atoms with E-state index >= 15 is 0 Å². The van der Waals surface area contributed by atoms with E-state index in [0.717, 1.165) is 5.56 Å². The van der Waals surface area contributed by atoms with Gasteiger partial charge >= 0.3 is 6.09 Å². The summed E-state index contributed by atoms with van der Waals surface area (Å²) in [5.41, 5.74) is 0.403. The van der Waals surface area contributed by atoms with Gasteiger partial charge in [0.05, 0.1) is 6.20 Å². The van der Waals surface area contributed by atoms with E-state index in [9.17, 15) is 4.79 Å². The molecule has 1 atom stereocenters. The van der Waals surface area contributed by atoms with Gasteiger partial charge in [0, 0.05) is 37.4 Å². The molecule has 0 radical (unpaired) electrons. The van der Waals surface area contributed by atoms with Gasteiger partial charge in [0.1, 0.15) is 5.60 Å². The minimum absolute atomic E-state index is 0.229. The maximum atomic E-state index is 11.8. The van der Waals surface area contributed by atoms with Crippen molar-refractivity contribution in [2.45, 2.75) is 59.2 Å². The van der Waals surface area contributed by atoms with Crippen molar-refractivity contribution in [2.24, 2.45) is 13.0 Å². The Bertz CT molecular complexity index is 491. The highest BCUT2D eigenvalue weighted by atomic mass is 16.6. The molecule has 0 unspecified atom stereocenters. The lowest BCUT2D eigenvalue weighted by atomic mass is 9.88. The van der Waals surface area contributed by atoms with E-state index < -0.39 is 5.60 Å². The van der Waals surface area contributed by atoms with Crippen molar-refractivity contribution < 1.29 is 9.53 Å². The number of aromatic nitrogens is 2. The van der Waals surface area contributed by atoms with Gasteiger partial charge in [-0.2, -0.15) is 5.10 Å². The van der Waals surface area contributed by atoms with Gasteiger partial charge in [0.15, 0.2) is 0 Å². The number of hydrogen-bond acceptors (Lipinski definition) is 4. The van der Waals surface area contributed by atoms with Gasteiger partial charge in [-0.25, -0.2) is 4.79 Å². The molecule has 0 bridgehead atoms. The highest BCUT2D eigenvalue weighted by Gasteiger charge is 2.29. The number of carbonyl (C=O) groups excluding carboxylic acids is 1. The van der Waals surface area contributed by atoms with Crippen LogP contribution in [0.5, 0.6) is 0 Å². The second-order valence-corrected chi connectivity index (χ2v) is 7.30. The van der Waals surface area contributed by atoms with Crippen molar-refractivity contribution in [3.8, 4) is 0 Å². The topological polar surface area (TPSA) is 68.2 Å². The van der Waals surface area contributed by atoms with Gasteiger partial charge in [-0.1, -0.05) is 13.8 Å². The van der Waals surface area contributed by atoms with Crippen molar-refractivity contribution in [3.63, 3.8) is 0 Å². The fourth-order valence-corrected chi connectivity index (χ4v) is 1.91. The first-order chi connectivity index (χ1) is 10.0. The van der Waals surface area contributed by atoms with Gasteiger partial charge in [-0.05, 0) is 33.6 Å². The number of nitrogens with zero attached hydrogens (tertiary/aromatic N) is 2. The van der Waals surface area contributed by atoms with Crippen LogP contribution in [0, 0.1) is 5.92 Å². The third-order valence-electron chi connectivity index (χ3n) is 3.73. The van der Waals surface area contributed by atoms with Crippen LogP contribution in [0.4, 0.5) is 4.79 Å². The number of amides is 1. The maximum absolute atomic E-state index is 11.8. The second kappa shape index (κ2) is 7.13. The summed E-state index contributed by atoms with van der Waals surface area (Å²) in [6, 6.07) is 0. The van der Waals surface area contributed by atoms with Crippen LogP contribution in [0.2, 0.25) is 0 Å². The molecule has 1 aromatic heterocycles. The summed E-state index contributed by atoms with van der Waals surface area (Å²) in [7, 11) is 1.90. The number of ether oxygens (including phenoxy) is 1. The fourth-order valence-electron chi connectivity index (χ4n) is 1.91. The average Bonchev–Trinajstić information content (AvgIpc) is 2.77.